The molecule has 2 heterocycles. The Labute approximate surface area is 208 Å². The topological polar surface area (TPSA) is 141 Å². The summed E-state index contributed by atoms with van der Waals surface area (Å²) in [5.41, 5.74) is 0.523. The van der Waals surface area contributed by atoms with Crippen LogP contribution >= 0.6 is 0 Å². The molecule has 10 heteroatoms. The number of nitrogens with one attached hydrogen (secondary N) is 2. The minimum absolute atomic E-state index is 0.174. The first kappa shape index (κ1) is 26.7. The number of aromatic nitrogens is 1. The number of pyridine rings is 1. The van der Waals surface area contributed by atoms with Gasteiger partial charge in [0.15, 0.2) is 12.1 Å². The summed E-state index contributed by atoms with van der Waals surface area (Å²) in [6.07, 6.45) is -1.97. The highest BCUT2D eigenvalue weighted by Gasteiger charge is 2.42. The summed E-state index contributed by atoms with van der Waals surface area (Å²) in [6.45, 7) is 5.95. The van der Waals surface area contributed by atoms with E-state index >= 15 is 0 Å². The van der Waals surface area contributed by atoms with Crippen molar-refractivity contribution in [1.29, 1.82) is 0 Å². The molecule has 0 saturated carbocycles. The smallest absolute Gasteiger partial charge is 0.332 e. The van der Waals surface area contributed by atoms with Crippen LogP contribution in [0.3, 0.4) is 0 Å². The molecule has 0 aliphatic carbocycles. The van der Waals surface area contributed by atoms with E-state index < -0.39 is 66.1 Å². The number of amides is 1. The zero-order valence-corrected chi connectivity index (χ0v) is 20.6. The van der Waals surface area contributed by atoms with Crippen LogP contribution in [0.2, 0.25) is 0 Å². The molecule has 0 radical (unpaired) electrons. The lowest BCUT2D eigenvalue weighted by Crippen LogP contribution is -2.47. The van der Waals surface area contributed by atoms with Gasteiger partial charge in [0.25, 0.3) is 11.5 Å². The number of H-pyrrole nitrogens is 1. The lowest BCUT2D eigenvalue weighted by Gasteiger charge is -2.29. The fraction of sp³-hybridized carbons (Fsp3) is 0.423. The normalized spacial score (nSPS) is 22.5. The Hall–Kier alpha value is -3.95. The molecule has 0 spiro atoms. The number of rotatable bonds is 6. The van der Waals surface area contributed by atoms with Gasteiger partial charge in [0, 0.05) is 5.69 Å². The molecule has 4 atom stereocenters. The summed E-state index contributed by atoms with van der Waals surface area (Å²) in [4.78, 5) is 65.9. The highest BCUT2D eigenvalue weighted by Crippen LogP contribution is 2.24. The van der Waals surface area contributed by atoms with Gasteiger partial charge in [-0.3, -0.25) is 19.2 Å². The van der Waals surface area contributed by atoms with Crippen molar-refractivity contribution < 1.29 is 33.4 Å². The Morgan fingerprint density at radius 1 is 1.08 bits per heavy atom. The van der Waals surface area contributed by atoms with E-state index in [1.165, 1.54) is 13.0 Å². The Morgan fingerprint density at radius 2 is 1.78 bits per heavy atom. The molecule has 1 aromatic carbocycles. The third-order valence-corrected chi connectivity index (χ3v) is 5.77. The van der Waals surface area contributed by atoms with Crippen LogP contribution in [0, 0.1) is 18.8 Å². The van der Waals surface area contributed by atoms with E-state index in [0.717, 1.165) is 5.56 Å². The summed E-state index contributed by atoms with van der Waals surface area (Å²) in [7, 11) is 0. The molecule has 3 rings (SSSR count). The number of hydrogen-bond donors (Lipinski definition) is 2. The summed E-state index contributed by atoms with van der Waals surface area (Å²) >= 11 is 0. The number of hydrogen-bond acceptors (Lipinski definition) is 8. The van der Waals surface area contributed by atoms with E-state index in [1.807, 2.05) is 30.3 Å². The van der Waals surface area contributed by atoms with Crippen LogP contribution in [0.5, 0.6) is 0 Å². The predicted molar refractivity (Wildman–Crippen MR) is 128 cm³/mol. The van der Waals surface area contributed by atoms with Crippen molar-refractivity contribution in [3.8, 4) is 0 Å². The molecule has 1 amide bonds. The zero-order valence-electron chi connectivity index (χ0n) is 20.6. The number of cyclic esters (lactones) is 2. The quantitative estimate of drug-likeness (QED) is 0.453. The zero-order chi connectivity index (χ0) is 26.4. The highest BCUT2D eigenvalue weighted by molar-refractivity contribution is 5.96. The van der Waals surface area contributed by atoms with Crippen LogP contribution < -0.4 is 10.9 Å². The molecular weight excluding hydrogens is 468 g/mol. The van der Waals surface area contributed by atoms with Gasteiger partial charge in [-0.05, 0) is 38.0 Å². The van der Waals surface area contributed by atoms with Crippen molar-refractivity contribution in [1.82, 2.24) is 10.3 Å². The summed E-state index contributed by atoms with van der Waals surface area (Å²) in [5.74, 6) is -4.43. The Kier molecular flexibility index (Phi) is 8.63. The van der Waals surface area contributed by atoms with Crippen LogP contribution in [0.4, 0.5) is 0 Å². The van der Waals surface area contributed by atoms with Crippen molar-refractivity contribution in [2.75, 3.05) is 6.61 Å². The highest BCUT2D eigenvalue weighted by atomic mass is 16.6. The first-order valence-electron chi connectivity index (χ1n) is 11.7. The molecule has 192 valence electrons. The van der Waals surface area contributed by atoms with Gasteiger partial charge < -0.3 is 24.5 Å². The van der Waals surface area contributed by atoms with Crippen molar-refractivity contribution in [2.45, 2.75) is 52.4 Å². The summed E-state index contributed by atoms with van der Waals surface area (Å²) in [6, 6.07) is 10.6. The monoisotopic (exact) mass is 498 g/mol. The van der Waals surface area contributed by atoms with E-state index in [0.29, 0.717) is 5.69 Å². The van der Waals surface area contributed by atoms with E-state index in [2.05, 4.69) is 10.3 Å². The molecule has 1 aliphatic heterocycles. The van der Waals surface area contributed by atoms with Gasteiger partial charge in [0.1, 0.15) is 24.2 Å². The number of esters is 3. The molecule has 36 heavy (non-hydrogen) atoms. The molecule has 1 aliphatic rings. The first-order chi connectivity index (χ1) is 17.1. The third kappa shape index (κ3) is 6.59. The Morgan fingerprint density at radius 3 is 2.42 bits per heavy atom. The van der Waals surface area contributed by atoms with Gasteiger partial charge in [-0.1, -0.05) is 44.2 Å². The maximum absolute atomic E-state index is 13.2. The van der Waals surface area contributed by atoms with E-state index in [1.54, 1.807) is 26.8 Å². The molecule has 4 unspecified atom stereocenters. The maximum atomic E-state index is 13.2. The van der Waals surface area contributed by atoms with Gasteiger partial charge in [-0.25, -0.2) is 4.79 Å². The standard InChI is InChI=1S/C26H30N2O8/c1-14(2)24(31)36-21-16(4)35-26(33)20(28-23(30)18-11-10-15(3)27-22(18)29)13-34-25(32)19(21)12-17-8-6-5-7-9-17/h5-11,14,16,19-21H,12-13H2,1-4H3,(H,27,29)(H,28,30). The fourth-order valence-corrected chi connectivity index (χ4v) is 3.74. The SMILES string of the molecule is Cc1ccc(C(=O)NC2COC(=O)C(Cc3ccccc3)C(OC(=O)C(C)C)C(C)OC2=O)c(=O)[nH]1. The molecule has 1 fully saturated rings. The van der Waals surface area contributed by atoms with E-state index in [9.17, 15) is 24.0 Å². The molecule has 0 bridgehead atoms. The molecule has 10 nitrogen and oxygen atoms in total. The minimum atomic E-state index is -1.37. The number of carbonyl (C=O) groups is 4. The third-order valence-electron chi connectivity index (χ3n) is 5.77. The van der Waals surface area contributed by atoms with Crippen molar-refractivity contribution in [3.05, 3.63) is 69.6 Å². The van der Waals surface area contributed by atoms with Crippen molar-refractivity contribution in [3.63, 3.8) is 0 Å². The van der Waals surface area contributed by atoms with Crippen LogP contribution in [0.25, 0.3) is 0 Å². The molecule has 2 N–H and O–H groups in total. The molecule has 1 saturated heterocycles. The first-order valence-corrected chi connectivity index (χ1v) is 11.7. The Balaban J connectivity index is 1.87. The summed E-state index contributed by atoms with van der Waals surface area (Å²) < 4.78 is 16.6. The number of aryl methyl sites for hydroxylation is 1. The van der Waals surface area contributed by atoms with Crippen LogP contribution in [0.1, 0.15) is 42.4 Å². The fourth-order valence-electron chi connectivity index (χ4n) is 3.74. The average molecular weight is 499 g/mol. The van der Waals surface area contributed by atoms with E-state index in [4.69, 9.17) is 14.2 Å². The van der Waals surface area contributed by atoms with Gasteiger partial charge in [-0.2, -0.15) is 0 Å². The predicted octanol–water partition coefficient (Wildman–Crippen LogP) is 1.70. The van der Waals surface area contributed by atoms with Gasteiger partial charge in [0.05, 0.1) is 5.92 Å². The van der Waals surface area contributed by atoms with Crippen LogP contribution in [-0.2, 0) is 35.0 Å². The minimum Gasteiger partial charge on any atom is -0.463 e. The number of carbonyl (C=O) groups excluding carboxylic acids is 4. The lowest BCUT2D eigenvalue weighted by atomic mass is 9.91. The second kappa shape index (κ2) is 11.7. The maximum Gasteiger partial charge on any atom is 0.332 e. The molecule has 2 aromatic rings. The average Bonchev–Trinajstić information content (AvgIpc) is 2.86. The molecular formula is C26H30N2O8. The van der Waals surface area contributed by atoms with Crippen molar-refractivity contribution in [2.24, 2.45) is 11.8 Å². The lowest BCUT2D eigenvalue weighted by molar-refractivity contribution is -0.176. The van der Waals surface area contributed by atoms with Crippen LogP contribution in [-0.4, -0.2) is 53.7 Å². The van der Waals surface area contributed by atoms with E-state index in [-0.39, 0.29) is 12.0 Å². The second-order valence-corrected chi connectivity index (χ2v) is 9.03. The Bertz CT molecular complexity index is 1170. The number of benzene rings is 1. The van der Waals surface area contributed by atoms with Gasteiger partial charge in [-0.15, -0.1) is 0 Å². The van der Waals surface area contributed by atoms with Gasteiger partial charge >= 0.3 is 17.9 Å². The van der Waals surface area contributed by atoms with Gasteiger partial charge in [0.2, 0.25) is 0 Å². The van der Waals surface area contributed by atoms with Crippen molar-refractivity contribution >= 4 is 23.8 Å². The largest absolute Gasteiger partial charge is 0.463 e. The second-order valence-electron chi connectivity index (χ2n) is 9.03. The van der Waals surface area contributed by atoms with Crippen LogP contribution in [0.15, 0.2) is 47.3 Å². The molecule has 1 aromatic heterocycles. The summed E-state index contributed by atoms with van der Waals surface area (Å²) in [5, 5.41) is 2.40. The number of ether oxygens (including phenoxy) is 3. The number of aromatic amines is 1.